The number of carboxylic acid groups (broad SMARTS) is 1. The third-order valence-electron chi connectivity index (χ3n) is 2.14. The van der Waals surface area contributed by atoms with Crippen LogP contribution >= 0.6 is 0 Å². The molecule has 0 fully saturated rings. The molecule has 0 radical (unpaired) electrons. The molecule has 0 saturated carbocycles. The zero-order chi connectivity index (χ0) is 10.3. The molecular formula is C10H9NO3. The zero-order valence-electron chi connectivity index (χ0n) is 7.57. The fourth-order valence-electron chi connectivity index (χ4n) is 1.41. The summed E-state index contributed by atoms with van der Waals surface area (Å²) in [6, 6.07) is 2.96. The second-order valence-corrected chi connectivity index (χ2v) is 3.17. The van der Waals surface area contributed by atoms with Crippen molar-refractivity contribution in [1.82, 2.24) is 0 Å². The summed E-state index contributed by atoms with van der Waals surface area (Å²) in [7, 11) is 0. The first-order valence-electron chi connectivity index (χ1n) is 4.10. The summed E-state index contributed by atoms with van der Waals surface area (Å²) in [5, 5.41) is 9.56. The Labute approximate surface area is 79.9 Å². The quantitative estimate of drug-likeness (QED) is 0.676. The lowest BCUT2D eigenvalue weighted by Crippen LogP contribution is -1.98. The molecule has 0 aliphatic rings. The second kappa shape index (κ2) is 2.77. The van der Waals surface area contributed by atoms with E-state index in [1.165, 1.54) is 6.07 Å². The Balaban J connectivity index is 2.82. The monoisotopic (exact) mass is 191 g/mol. The first kappa shape index (κ1) is 8.62. The largest absolute Gasteiger partial charge is 0.478 e. The van der Waals surface area contributed by atoms with Crippen LogP contribution in [0.15, 0.2) is 22.8 Å². The van der Waals surface area contributed by atoms with E-state index in [-0.39, 0.29) is 5.56 Å². The van der Waals surface area contributed by atoms with E-state index in [0.29, 0.717) is 11.3 Å². The van der Waals surface area contributed by atoms with Gasteiger partial charge >= 0.3 is 5.97 Å². The number of nitrogens with two attached hydrogens (primary N) is 1. The van der Waals surface area contributed by atoms with Crippen LogP contribution in [0.1, 0.15) is 15.9 Å². The van der Waals surface area contributed by atoms with E-state index in [1.807, 2.05) is 6.92 Å². The fourth-order valence-corrected chi connectivity index (χ4v) is 1.41. The van der Waals surface area contributed by atoms with Gasteiger partial charge in [0.2, 0.25) is 0 Å². The minimum Gasteiger partial charge on any atom is -0.478 e. The lowest BCUT2D eigenvalue weighted by molar-refractivity contribution is 0.0697. The maximum atomic E-state index is 10.7. The smallest absolute Gasteiger partial charge is 0.335 e. The van der Waals surface area contributed by atoms with Gasteiger partial charge in [-0.25, -0.2) is 4.79 Å². The van der Waals surface area contributed by atoms with Gasteiger partial charge in [0.05, 0.1) is 17.5 Å². The summed E-state index contributed by atoms with van der Waals surface area (Å²) < 4.78 is 5.20. The lowest BCUT2D eigenvalue weighted by Gasteiger charge is -1.98. The standard InChI is InChI=1S/C10H9NO3/c1-5-4-14-9-7(5)2-6(10(12)13)3-8(9)11/h2-4H,11H2,1H3,(H,12,13). The van der Waals surface area contributed by atoms with Crippen LogP contribution in [0.3, 0.4) is 0 Å². The van der Waals surface area contributed by atoms with Gasteiger partial charge in [-0.2, -0.15) is 0 Å². The van der Waals surface area contributed by atoms with Crippen molar-refractivity contribution in [2.45, 2.75) is 6.92 Å². The van der Waals surface area contributed by atoms with E-state index in [1.54, 1.807) is 12.3 Å². The van der Waals surface area contributed by atoms with Gasteiger partial charge < -0.3 is 15.3 Å². The molecule has 4 heteroatoms. The molecule has 1 heterocycles. The summed E-state index contributed by atoms with van der Waals surface area (Å²) in [6.45, 7) is 1.84. The van der Waals surface area contributed by atoms with Crippen molar-refractivity contribution >= 4 is 22.6 Å². The van der Waals surface area contributed by atoms with E-state index in [9.17, 15) is 4.79 Å². The van der Waals surface area contributed by atoms with E-state index in [4.69, 9.17) is 15.3 Å². The van der Waals surface area contributed by atoms with E-state index >= 15 is 0 Å². The summed E-state index contributed by atoms with van der Waals surface area (Å²) in [4.78, 5) is 10.7. The number of rotatable bonds is 1. The number of aromatic carboxylic acids is 1. The van der Waals surface area contributed by atoms with Gasteiger partial charge in [-0.1, -0.05) is 0 Å². The van der Waals surface area contributed by atoms with Crippen LogP contribution < -0.4 is 5.73 Å². The third kappa shape index (κ3) is 1.12. The molecule has 0 aliphatic carbocycles. The van der Waals surface area contributed by atoms with Crippen molar-refractivity contribution < 1.29 is 14.3 Å². The summed E-state index contributed by atoms with van der Waals surface area (Å²) in [5.41, 5.74) is 7.62. The second-order valence-electron chi connectivity index (χ2n) is 3.17. The highest BCUT2D eigenvalue weighted by Gasteiger charge is 2.11. The van der Waals surface area contributed by atoms with Crippen molar-refractivity contribution in [3.63, 3.8) is 0 Å². The Bertz CT molecular complexity index is 513. The van der Waals surface area contributed by atoms with Gasteiger partial charge in [-0.05, 0) is 24.6 Å². The topological polar surface area (TPSA) is 76.5 Å². The number of anilines is 1. The normalized spacial score (nSPS) is 10.6. The van der Waals surface area contributed by atoms with Crippen LogP contribution in [0.2, 0.25) is 0 Å². The number of benzene rings is 1. The number of carbonyl (C=O) groups is 1. The molecule has 14 heavy (non-hydrogen) atoms. The van der Waals surface area contributed by atoms with Crippen molar-refractivity contribution in [2.75, 3.05) is 5.73 Å². The summed E-state index contributed by atoms with van der Waals surface area (Å²) in [5.74, 6) is -0.987. The van der Waals surface area contributed by atoms with Crippen molar-refractivity contribution in [2.24, 2.45) is 0 Å². The highest BCUT2D eigenvalue weighted by atomic mass is 16.4. The predicted molar refractivity (Wildman–Crippen MR) is 52.3 cm³/mol. The average molecular weight is 191 g/mol. The van der Waals surface area contributed by atoms with E-state index in [2.05, 4.69) is 0 Å². The van der Waals surface area contributed by atoms with Gasteiger partial charge in [0, 0.05) is 5.39 Å². The van der Waals surface area contributed by atoms with E-state index in [0.717, 1.165) is 10.9 Å². The lowest BCUT2D eigenvalue weighted by atomic mass is 10.1. The van der Waals surface area contributed by atoms with Crippen LogP contribution in [0.25, 0.3) is 11.0 Å². The molecule has 2 rings (SSSR count). The highest BCUT2D eigenvalue weighted by molar-refractivity contribution is 5.99. The van der Waals surface area contributed by atoms with Crippen LogP contribution in [0, 0.1) is 6.92 Å². The zero-order valence-corrected chi connectivity index (χ0v) is 7.57. The Kier molecular flexibility index (Phi) is 1.70. The maximum Gasteiger partial charge on any atom is 0.335 e. The molecule has 0 spiro atoms. The number of hydrogen-bond donors (Lipinski definition) is 2. The number of carboxylic acids is 1. The predicted octanol–water partition coefficient (Wildman–Crippen LogP) is 2.02. The Morgan fingerprint density at radius 1 is 1.50 bits per heavy atom. The maximum absolute atomic E-state index is 10.7. The van der Waals surface area contributed by atoms with Crippen molar-refractivity contribution in [1.29, 1.82) is 0 Å². The molecule has 2 aromatic rings. The molecule has 0 aliphatic heterocycles. The first-order valence-corrected chi connectivity index (χ1v) is 4.10. The molecule has 0 amide bonds. The van der Waals surface area contributed by atoms with Crippen molar-refractivity contribution in [3.8, 4) is 0 Å². The molecule has 1 aromatic heterocycles. The van der Waals surface area contributed by atoms with E-state index < -0.39 is 5.97 Å². The minimum absolute atomic E-state index is 0.180. The van der Waals surface area contributed by atoms with Crippen molar-refractivity contribution in [3.05, 3.63) is 29.5 Å². The number of fused-ring (bicyclic) bond motifs is 1. The SMILES string of the molecule is Cc1coc2c(N)cc(C(=O)O)cc12. The van der Waals surface area contributed by atoms with Crippen LogP contribution in [-0.2, 0) is 0 Å². The van der Waals surface area contributed by atoms with Gasteiger partial charge in [0.25, 0.3) is 0 Å². The minimum atomic E-state index is -0.987. The highest BCUT2D eigenvalue weighted by Crippen LogP contribution is 2.27. The molecule has 1 aromatic carbocycles. The van der Waals surface area contributed by atoms with Crippen LogP contribution in [-0.4, -0.2) is 11.1 Å². The van der Waals surface area contributed by atoms with Gasteiger partial charge in [-0.3, -0.25) is 0 Å². The average Bonchev–Trinajstić information content (AvgIpc) is 2.48. The first-order chi connectivity index (χ1) is 6.59. The number of hydrogen-bond acceptors (Lipinski definition) is 3. The van der Waals surface area contributed by atoms with Gasteiger partial charge in [0.1, 0.15) is 0 Å². The molecule has 0 unspecified atom stereocenters. The van der Waals surface area contributed by atoms with Gasteiger partial charge in [-0.15, -0.1) is 0 Å². The Morgan fingerprint density at radius 3 is 2.86 bits per heavy atom. The molecule has 0 saturated heterocycles. The summed E-state index contributed by atoms with van der Waals surface area (Å²) >= 11 is 0. The number of nitrogen functional groups attached to an aromatic ring is 1. The fraction of sp³-hybridized carbons (Fsp3) is 0.100. The van der Waals surface area contributed by atoms with Gasteiger partial charge in [0.15, 0.2) is 5.58 Å². The molecule has 3 N–H and O–H groups in total. The number of furan rings is 1. The number of aryl methyl sites for hydroxylation is 1. The Hall–Kier alpha value is -1.97. The van der Waals surface area contributed by atoms with Crippen LogP contribution in [0.5, 0.6) is 0 Å². The molecular weight excluding hydrogens is 182 g/mol. The third-order valence-corrected chi connectivity index (χ3v) is 2.14. The molecule has 0 atom stereocenters. The molecule has 0 bridgehead atoms. The molecule has 4 nitrogen and oxygen atoms in total. The molecule has 72 valence electrons. The Morgan fingerprint density at radius 2 is 2.21 bits per heavy atom. The van der Waals surface area contributed by atoms with Crippen LogP contribution in [0.4, 0.5) is 5.69 Å². The summed E-state index contributed by atoms with van der Waals surface area (Å²) in [6.07, 6.45) is 1.56.